The Morgan fingerprint density at radius 3 is 2.55 bits per heavy atom. The molecule has 0 atom stereocenters. The van der Waals surface area contributed by atoms with Crippen LogP contribution in [0, 0.1) is 11.3 Å². The summed E-state index contributed by atoms with van der Waals surface area (Å²) in [6, 6.07) is 16.2. The van der Waals surface area contributed by atoms with Crippen molar-refractivity contribution < 1.29 is 19.0 Å². The maximum atomic E-state index is 11.9. The van der Waals surface area contributed by atoms with Crippen molar-refractivity contribution in [1.82, 2.24) is 4.57 Å². The maximum Gasteiger partial charge on any atom is 0.411 e. The molecule has 0 aliphatic heterocycles. The molecular weight excluding hydrogens is 418 g/mol. The molecule has 1 amide bonds. The highest BCUT2D eigenvalue weighted by Crippen LogP contribution is 2.43. The van der Waals surface area contributed by atoms with Gasteiger partial charge in [0.2, 0.25) is 0 Å². The molecule has 3 aromatic rings. The van der Waals surface area contributed by atoms with E-state index in [0.29, 0.717) is 30.5 Å². The number of carbonyl (C=O) groups excluding carboxylic acids is 1. The first kappa shape index (κ1) is 22.7. The van der Waals surface area contributed by atoms with E-state index >= 15 is 0 Å². The number of benzene rings is 2. The molecule has 172 valence electrons. The molecule has 0 spiro atoms. The Balaban J connectivity index is 1.73. The third kappa shape index (κ3) is 4.81. The van der Waals surface area contributed by atoms with Crippen LogP contribution in [0.2, 0.25) is 0 Å². The van der Waals surface area contributed by atoms with Crippen LogP contribution >= 0.6 is 0 Å². The lowest BCUT2D eigenvalue weighted by Gasteiger charge is -2.30. The molecule has 0 unspecified atom stereocenters. The highest BCUT2D eigenvalue weighted by molar-refractivity contribution is 5.96. The van der Waals surface area contributed by atoms with Gasteiger partial charge in [0.25, 0.3) is 0 Å². The second kappa shape index (κ2) is 9.97. The van der Waals surface area contributed by atoms with E-state index in [1.165, 1.54) is 6.42 Å². The van der Waals surface area contributed by atoms with E-state index in [-0.39, 0.29) is 6.10 Å². The van der Waals surface area contributed by atoms with E-state index in [9.17, 15) is 10.1 Å². The van der Waals surface area contributed by atoms with Gasteiger partial charge in [-0.25, -0.2) is 4.79 Å². The predicted octanol–water partition coefficient (Wildman–Crippen LogP) is 5.89. The lowest BCUT2D eigenvalue weighted by molar-refractivity contribution is 0.130. The molecule has 1 heterocycles. The number of nitrogens with zero attached hydrogens (tertiary/aromatic N) is 2. The molecule has 1 aliphatic carbocycles. The molecule has 33 heavy (non-hydrogen) atoms. The van der Waals surface area contributed by atoms with Gasteiger partial charge in [0, 0.05) is 30.3 Å². The largest absolute Gasteiger partial charge is 0.491 e. The molecule has 7 nitrogen and oxygen atoms in total. The van der Waals surface area contributed by atoms with Crippen molar-refractivity contribution in [2.75, 3.05) is 25.6 Å². The molecule has 1 aliphatic rings. The topological polar surface area (TPSA) is 85.5 Å². The molecule has 0 saturated heterocycles. The van der Waals surface area contributed by atoms with E-state index in [1.54, 1.807) is 21.0 Å². The van der Waals surface area contributed by atoms with Gasteiger partial charge in [0.15, 0.2) is 0 Å². The van der Waals surface area contributed by atoms with Crippen LogP contribution in [0.25, 0.3) is 22.2 Å². The Kier molecular flexibility index (Phi) is 6.85. The summed E-state index contributed by atoms with van der Waals surface area (Å²) in [6.45, 7) is 4.60. The van der Waals surface area contributed by atoms with Gasteiger partial charge in [-0.05, 0) is 62.9 Å². The first-order valence-corrected chi connectivity index (χ1v) is 11.3. The minimum Gasteiger partial charge on any atom is -0.491 e. The second-order valence-corrected chi connectivity index (χ2v) is 8.47. The quantitative estimate of drug-likeness (QED) is 0.435. The van der Waals surface area contributed by atoms with Gasteiger partial charge in [-0.2, -0.15) is 5.26 Å². The van der Waals surface area contributed by atoms with Crippen LogP contribution in [0.4, 0.5) is 10.5 Å². The summed E-state index contributed by atoms with van der Waals surface area (Å²) < 4.78 is 18.4. The number of nitrogens with one attached hydrogen (secondary N) is 1. The van der Waals surface area contributed by atoms with Gasteiger partial charge < -0.3 is 18.8 Å². The van der Waals surface area contributed by atoms with E-state index < -0.39 is 6.09 Å². The third-order valence-electron chi connectivity index (χ3n) is 5.83. The Morgan fingerprint density at radius 2 is 1.94 bits per heavy atom. The number of amides is 1. The molecule has 1 fully saturated rings. The number of hydrogen-bond donors (Lipinski definition) is 1. The van der Waals surface area contributed by atoms with Crippen LogP contribution in [0.5, 0.6) is 5.75 Å². The lowest BCUT2D eigenvalue weighted by Crippen LogP contribution is -2.18. The number of methoxy groups -OCH3 is 1. The van der Waals surface area contributed by atoms with Crippen molar-refractivity contribution in [2.45, 2.75) is 45.3 Å². The first-order valence-electron chi connectivity index (χ1n) is 11.3. The van der Waals surface area contributed by atoms with Crippen molar-refractivity contribution in [1.29, 1.82) is 5.26 Å². The summed E-state index contributed by atoms with van der Waals surface area (Å²) in [4.78, 5) is 11.9. The summed E-state index contributed by atoms with van der Waals surface area (Å²) in [7, 11) is 1.65. The maximum absolute atomic E-state index is 11.9. The average molecular weight is 448 g/mol. The molecule has 0 radical (unpaired) electrons. The van der Waals surface area contributed by atoms with Crippen molar-refractivity contribution in [3.05, 3.63) is 48.0 Å². The zero-order valence-electron chi connectivity index (χ0n) is 19.3. The monoisotopic (exact) mass is 447 g/mol. The average Bonchev–Trinajstić information content (AvgIpc) is 3.06. The molecule has 7 heteroatoms. The molecule has 4 rings (SSSR count). The van der Waals surface area contributed by atoms with Gasteiger partial charge in [-0.15, -0.1) is 0 Å². The summed E-state index contributed by atoms with van der Waals surface area (Å²) in [5, 5.41) is 13.7. The van der Waals surface area contributed by atoms with Gasteiger partial charge in [0.1, 0.15) is 18.4 Å². The van der Waals surface area contributed by atoms with E-state index in [2.05, 4.69) is 16.0 Å². The van der Waals surface area contributed by atoms with Gasteiger partial charge in [0.05, 0.1) is 29.5 Å². The van der Waals surface area contributed by atoms with Gasteiger partial charge in [-0.1, -0.05) is 12.1 Å². The second-order valence-electron chi connectivity index (χ2n) is 8.47. The number of carbonyl (C=O) groups is 1. The Bertz CT molecular complexity index is 1170. The van der Waals surface area contributed by atoms with Crippen LogP contribution in [-0.2, 0) is 9.47 Å². The molecule has 1 N–H and O–H groups in total. The first-order chi connectivity index (χ1) is 16.0. The summed E-state index contributed by atoms with van der Waals surface area (Å²) in [5.41, 5.74) is 4.13. The summed E-state index contributed by atoms with van der Waals surface area (Å²) >= 11 is 0. The fourth-order valence-electron chi connectivity index (χ4n) is 4.12. The molecule has 2 aromatic carbocycles. The van der Waals surface area contributed by atoms with Crippen LogP contribution < -0.4 is 10.1 Å². The number of anilines is 1. The number of ether oxygens (including phenoxy) is 3. The molecular formula is C26H29N3O4. The SMILES string of the molecule is COCCOc1ccc2c(C#N)c(-c3ccc(NC(=O)OC(C)C)cc3)n(C3CCC3)c2c1. The van der Waals surface area contributed by atoms with E-state index in [1.807, 2.05) is 42.5 Å². The van der Waals surface area contributed by atoms with Crippen molar-refractivity contribution in [3.8, 4) is 23.1 Å². The normalized spacial score (nSPS) is 13.5. The standard InChI is InChI=1S/C26H29N3O4/c1-17(2)33-26(30)28-19-9-7-18(8-10-19)25-23(16-27)22-12-11-21(32-14-13-31-3)15-24(22)29(25)20-5-4-6-20/h7-12,15,17,20H,4-6,13-14H2,1-3H3,(H,28,30). The third-order valence-corrected chi connectivity index (χ3v) is 5.83. The molecule has 0 bridgehead atoms. The summed E-state index contributed by atoms with van der Waals surface area (Å²) in [6.07, 6.45) is 2.66. The minimum atomic E-state index is -0.486. The number of rotatable bonds is 8. The van der Waals surface area contributed by atoms with Crippen molar-refractivity contribution in [3.63, 3.8) is 0 Å². The zero-order chi connectivity index (χ0) is 23.4. The predicted molar refractivity (Wildman–Crippen MR) is 128 cm³/mol. The Labute approximate surface area is 193 Å². The number of aromatic nitrogens is 1. The molecule has 1 aromatic heterocycles. The van der Waals surface area contributed by atoms with Crippen molar-refractivity contribution in [2.24, 2.45) is 0 Å². The van der Waals surface area contributed by atoms with E-state index in [4.69, 9.17) is 14.2 Å². The van der Waals surface area contributed by atoms with Gasteiger partial charge >= 0.3 is 6.09 Å². The lowest BCUT2D eigenvalue weighted by atomic mass is 9.92. The van der Waals surface area contributed by atoms with Crippen LogP contribution in [0.15, 0.2) is 42.5 Å². The molecule has 1 saturated carbocycles. The van der Waals surface area contributed by atoms with Crippen LogP contribution in [-0.4, -0.2) is 37.1 Å². The number of nitriles is 1. The zero-order valence-corrected chi connectivity index (χ0v) is 19.3. The Morgan fingerprint density at radius 1 is 1.18 bits per heavy atom. The number of fused-ring (bicyclic) bond motifs is 1. The summed E-state index contributed by atoms with van der Waals surface area (Å²) in [5.74, 6) is 0.761. The smallest absolute Gasteiger partial charge is 0.411 e. The fourth-order valence-corrected chi connectivity index (χ4v) is 4.12. The van der Waals surface area contributed by atoms with E-state index in [0.717, 1.165) is 40.8 Å². The minimum absolute atomic E-state index is 0.191. The Hall–Kier alpha value is -3.50. The highest BCUT2D eigenvalue weighted by Gasteiger charge is 2.28. The van der Waals surface area contributed by atoms with Crippen LogP contribution in [0.3, 0.4) is 0 Å². The fraction of sp³-hybridized carbons (Fsp3) is 0.385. The van der Waals surface area contributed by atoms with Gasteiger partial charge in [-0.3, -0.25) is 5.32 Å². The van der Waals surface area contributed by atoms with Crippen molar-refractivity contribution >= 4 is 22.7 Å². The number of hydrogen-bond acceptors (Lipinski definition) is 5. The highest BCUT2D eigenvalue weighted by atomic mass is 16.6. The van der Waals surface area contributed by atoms with Crippen LogP contribution in [0.1, 0.15) is 44.7 Å².